The first-order valence-corrected chi connectivity index (χ1v) is 15.8. The number of piperidine rings is 1. The first-order valence-electron chi connectivity index (χ1n) is 15.8. The fraction of sp³-hybridized carbons (Fsp3) is 0.382. The van der Waals surface area contributed by atoms with Gasteiger partial charge in [-0.05, 0) is 67.0 Å². The SMILES string of the molecule is Cc1ccn(-c2cc(-c3ccc(C(=O)N(C)C)cc3)ccc2C(Oc2cc(N3CCC4(CC3)CNC(C(=O)O)C4)nc(N)n2)C(F)(F)F)n1. The van der Waals surface area contributed by atoms with Crippen LogP contribution in [0.1, 0.15) is 47.0 Å². The summed E-state index contributed by atoms with van der Waals surface area (Å²) in [6, 6.07) is 13.8. The molecule has 2 aliphatic rings. The minimum atomic E-state index is -4.86. The lowest BCUT2D eigenvalue weighted by Crippen LogP contribution is -2.41. The van der Waals surface area contributed by atoms with Crippen molar-refractivity contribution in [3.8, 4) is 22.7 Å². The number of rotatable bonds is 8. The van der Waals surface area contributed by atoms with Crippen LogP contribution in [0.15, 0.2) is 60.8 Å². The highest BCUT2D eigenvalue weighted by atomic mass is 19.4. The van der Waals surface area contributed by atoms with Gasteiger partial charge in [0.25, 0.3) is 5.91 Å². The Morgan fingerprint density at radius 3 is 2.35 bits per heavy atom. The smallest absolute Gasteiger partial charge is 0.429 e. The number of aryl methyl sites for hydroxylation is 1. The number of hydrogen-bond acceptors (Lipinski definition) is 9. The third-order valence-electron chi connectivity index (χ3n) is 9.20. The predicted molar refractivity (Wildman–Crippen MR) is 176 cm³/mol. The number of carboxylic acids is 1. The van der Waals surface area contributed by atoms with Crippen molar-refractivity contribution in [2.45, 2.75) is 44.5 Å². The highest BCUT2D eigenvalue weighted by molar-refractivity contribution is 5.94. The van der Waals surface area contributed by atoms with E-state index in [1.165, 1.54) is 21.7 Å². The number of hydrogen-bond donors (Lipinski definition) is 3. The summed E-state index contributed by atoms with van der Waals surface area (Å²) in [5.74, 6) is -1.30. The summed E-state index contributed by atoms with van der Waals surface area (Å²) in [7, 11) is 3.30. The second-order valence-corrected chi connectivity index (χ2v) is 12.9. The van der Waals surface area contributed by atoms with E-state index in [2.05, 4.69) is 20.4 Å². The highest BCUT2D eigenvalue weighted by Crippen LogP contribution is 2.43. The quantitative estimate of drug-likeness (QED) is 0.241. The van der Waals surface area contributed by atoms with E-state index in [0.717, 1.165) is 0 Å². The van der Waals surface area contributed by atoms with Crippen molar-refractivity contribution in [3.63, 3.8) is 0 Å². The minimum absolute atomic E-state index is 0.148. The Balaban J connectivity index is 1.30. The van der Waals surface area contributed by atoms with Crippen LogP contribution < -0.4 is 20.7 Å². The molecule has 0 saturated carbocycles. The zero-order chi connectivity index (χ0) is 35.1. The Labute approximate surface area is 280 Å². The molecule has 2 saturated heterocycles. The molecule has 2 unspecified atom stereocenters. The van der Waals surface area contributed by atoms with Crippen LogP contribution in [0, 0.1) is 12.3 Å². The third-order valence-corrected chi connectivity index (χ3v) is 9.20. The number of alkyl halides is 3. The van der Waals surface area contributed by atoms with E-state index in [0.29, 0.717) is 67.1 Å². The van der Waals surface area contributed by atoms with Crippen LogP contribution >= 0.6 is 0 Å². The Morgan fingerprint density at radius 2 is 1.76 bits per heavy atom. The highest BCUT2D eigenvalue weighted by Gasteiger charge is 2.46. The number of aliphatic carboxylic acids is 1. The van der Waals surface area contributed by atoms with E-state index in [1.807, 2.05) is 4.90 Å². The zero-order valence-corrected chi connectivity index (χ0v) is 27.2. The molecule has 0 aliphatic carbocycles. The third kappa shape index (κ3) is 7.16. The van der Waals surface area contributed by atoms with Gasteiger partial charge in [0.2, 0.25) is 17.9 Å². The second kappa shape index (κ2) is 13.0. The molecule has 2 aromatic heterocycles. The van der Waals surface area contributed by atoms with Gasteiger partial charge in [-0.3, -0.25) is 9.59 Å². The molecule has 2 aromatic carbocycles. The summed E-state index contributed by atoms with van der Waals surface area (Å²) in [6.07, 6.45) is -3.84. The number of carbonyl (C=O) groups is 2. The molecule has 2 aliphatic heterocycles. The maximum absolute atomic E-state index is 14.9. The molecule has 6 rings (SSSR count). The molecule has 15 heteroatoms. The molecule has 49 heavy (non-hydrogen) atoms. The monoisotopic (exact) mass is 678 g/mol. The molecule has 258 valence electrons. The molecule has 0 radical (unpaired) electrons. The lowest BCUT2D eigenvalue weighted by Gasteiger charge is -2.39. The van der Waals surface area contributed by atoms with Gasteiger partial charge in [0, 0.05) is 57.1 Å². The first kappa shape index (κ1) is 33.7. The Bertz CT molecular complexity index is 1850. The van der Waals surface area contributed by atoms with Gasteiger partial charge in [0.15, 0.2) is 0 Å². The van der Waals surface area contributed by atoms with Crippen molar-refractivity contribution in [1.82, 2.24) is 30.0 Å². The van der Waals surface area contributed by atoms with Crippen LogP contribution in [0.3, 0.4) is 0 Å². The maximum atomic E-state index is 14.9. The van der Waals surface area contributed by atoms with E-state index in [4.69, 9.17) is 10.5 Å². The Kier molecular flexibility index (Phi) is 8.96. The van der Waals surface area contributed by atoms with Crippen molar-refractivity contribution in [3.05, 3.63) is 77.6 Å². The molecule has 4 heterocycles. The number of aromatic nitrogens is 4. The minimum Gasteiger partial charge on any atom is -0.480 e. The van der Waals surface area contributed by atoms with E-state index >= 15 is 0 Å². The molecular formula is C34H37F3N8O4. The predicted octanol–water partition coefficient (Wildman–Crippen LogP) is 4.64. The molecule has 2 fully saturated rings. The van der Waals surface area contributed by atoms with Crippen LogP contribution in [0.25, 0.3) is 16.8 Å². The fourth-order valence-corrected chi connectivity index (χ4v) is 6.52. The average molecular weight is 679 g/mol. The zero-order valence-electron chi connectivity index (χ0n) is 27.2. The van der Waals surface area contributed by atoms with Gasteiger partial charge in [-0.25, -0.2) is 4.68 Å². The van der Waals surface area contributed by atoms with E-state index in [1.54, 1.807) is 69.7 Å². The van der Waals surface area contributed by atoms with Crippen LogP contribution in [0.5, 0.6) is 5.88 Å². The van der Waals surface area contributed by atoms with Crippen molar-refractivity contribution in [2.24, 2.45) is 5.41 Å². The van der Waals surface area contributed by atoms with Crippen LogP contribution in [-0.2, 0) is 4.79 Å². The van der Waals surface area contributed by atoms with Gasteiger partial charge < -0.3 is 30.7 Å². The Hall–Kier alpha value is -5.18. The molecule has 4 aromatic rings. The number of ether oxygens (including phenoxy) is 1. The van der Waals surface area contributed by atoms with Gasteiger partial charge >= 0.3 is 12.1 Å². The van der Waals surface area contributed by atoms with Crippen molar-refractivity contribution in [2.75, 3.05) is 44.4 Å². The fourth-order valence-electron chi connectivity index (χ4n) is 6.52. The molecule has 4 N–H and O–H groups in total. The molecule has 2 atom stereocenters. The van der Waals surface area contributed by atoms with Crippen LogP contribution in [0.2, 0.25) is 0 Å². The normalized spacial score (nSPS) is 18.0. The van der Waals surface area contributed by atoms with Gasteiger partial charge in [0.1, 0.15) is 11.9 Å². The van der Waals surface area contributed by atoms with Gasteiger partial charge in [0.05, 0.1) is 11.4 Å². The average Bonchev–Trinajstić information content (AvgIpc) is 3.69. The number of nitrogens with zero attached hydrogens (tertiary/aromatic N) is 6. The van der Waals surface area contributed by atoms with Crippen molar-refractivity contribution in [1.29, 1.82) is 0 Å². The summed E-state index contributed by atoms with van der Waals surface area (Å²) >= 11 is 0. The number of halogens is 3. The summed E-state index contributed by atoms with van der Waals surface area (Å²) in [5, 5.41) is 16.9. The lowest BCUT2D eigenvalue weighted by atomic mass is 9.76. The molecule has 12 nitrogen and oxygen atoms in total. The van der Waals surface area contributed by atoms with Gasteiger partial charge in [-0.1, -0.05) is 24.3 Å². The number of carboxylic acid groups (broad SMARTS) is 1. The lowest BCUT2D eigenvalue weighted by molar-refractivity contribution is -0.198. The number of amides is 1. The first-order chi connectivity index (χ1) is 23.2. The van der Waals surface area contributed by atoms with Crippen molar-refractivity contribution < 1.29 is 32.6 Å². The van der Waals surface area contributed by atoms with E-state index in [9.17, 15) is 27.9 Å². The molecule has 1 spiro atoms. The maximum Gasteiger partial charge on any atom is 0.429 e. The molecular weight excluding hydrogens is 641 g/mol. The summed E-state index contributed by atoms with van der Waals surface area (Å²) in [4.78, 5) is 35.5. The van der Waals surface area contributed by atoms with E-state index in [-0.39, 0.29) is 34.4 Å². The van der Waals surface area contributed by atoms with Crippen LogP contribution in [-0.4, -0.2) is 87.6 Å². The standard InChI is InChI=1S/C34H37F3N8O4/c1-20-10-13-45(42-20)26-16-23(21-4-6-22(7-5-21)30(46)43(2)3)8-9-24(26)29(34(35,36)37)49-28-17-27(40-32(38)41-28)44-14-11-33(12-15-44)18-25(31(47)48)39-19-33/h4-10,13,16-17,25,29,39H,11-12,14-15,18-19H2,1-3H3,(H,47,48)(H2,38,40,41). The second-order valence-electron chi connectivity index (χ2n) is 12.9. The number of carbonyl (C=O) groups excluding carboxylic acids is 1. The van der Waals surface area contributed by atoms with Gasteiger partial charge in [-0.2, -0.15) is 28.2 Å². The topological polar surface area (TPSA) is 152 Å². The summed E-state index contributed by atoms with van der Waals surface area (Å²) in [6.45, 7) is 3.35. The molecule has 1 amide bonds. The van der Waals surface area contributed by atoms with E-state index < -0.39 is 24.3 Å². The largest absolute Gasteiger partial charge is 0.480 e. The van der Waals surface area contributed by atoms with Crippen molar-refractivity contribution >= 4 is 23.6 Å². The number of nitrogens with one attached hydrogen (secondary N) is 1. The van der Waals surface area contributed by atoms with Crippen LogP contribution in [0.4, 0.5) is 24.9 Å². The number of nitrogens with two attached hydrogens (primary N) is 1. The summed E-state index contributed by atoms with van der Waals surface area (Å²) in [5.41, 5.74) is 8.16. The van der Waals surface area contributed by atoms with Gasteiger partial charge in [-0.15, -0.1) is 0 Å². The number of anilines is 2. The Morgan fingerprint density at radius 1 is 1.06 bits per heavy atom. The number of benzene rings is 2. The molecule has 0 bridgehead atoms. The summed E-state index contributed by atoms with van der Waals surface area (Å²) < 4.78 is 51.7. The number of nitrogen functional groups attached to an aromatic ring is 1.